The van der Waals surface area contributed by atoms with Gasteiger partial charge in [-0.15, -0.1) is 0 Å². The van der Waals surface area contributed by atoms with E-state index in [1.54, 1.807) is 0 Å². The SMILES string of the molecule is CC1(C)c2cc(/C=C/c3ccc(B(c4ccccc4)c4ccccc4)cc3)ccc2-c2ccc(B(c3ccccc3)c3ccccc3)cc21. The van der Waals surface area contributed by atoms with Gasteiger partial charge >= 0.3 is 0 Å². The van der Waals surface area contributed by atoms with Crippen LogP contribution in [0.4, 0.5) is 0 Å². The first-order valence-electron chi connectivity index (χ1n) is 17.3. The second-order valence-electron chi connectivity index (χ2n) is 13.7. The van der Waals surface area contributed by atoms with Gasteiger partial charge < -0.3 is 0 Å². The van der Waals surface area contributed by atoms with Gasteiger partial charge in [0.25, 0.3) is 0 Å². The van der Waals surface area contributed by atoms with Crippen LogP contribution in [0.3, 0.4) is 0 Å². The second kappa shape index (κ2) is 13.1. The molecule has 0 spiro atoms. The first-order valence-corrected chi connectivity index (χ1v) is 17.3. The van der Waals surface area contributed by atoms with Crippen molar-refractivity contribution in [3.63, 3.8) is 0 Å². The lowest BCUT2D eigenvalue weighted by Gasteiger charge is -2.24. The summed E-state index contributed by atoms with van der Waals surface area (Å²) in [7, 11) is 0. The molecule has 0 heterocycles. The van der Waals surface area contributed by atoms with Gasteiger partial charge in [0.05, 0.1) is 0 Å². The van der Waals surface area contributed by atoms with E-state index in [1.165, 1.54) is 66.2 Å². The first-order chi connectivity index (χ1) is 24.1. The maximum absolute atomic E-state index is 2.47. The molecule has 0 N–H and O–H groups in total. The lowest BCUT2D eigenvalue weighted by atomic mass is 9.36. The number of hydrogen-bond acceptors (Lipinski definition) is 0. The van der Waals surface area contributed by atoms with E-state index < -0.39 is 0 Å². The van der Waals surface area contributed by atoms with Gasteiger partial charge in [0.2, 0.25) is 13.4 Å². The molecule has 7 aromatic rings. The summed E-state index contributed by atoms with van der Waals surface area (Å²) in [5.74, 6) is 0. The van der Waals surface area contributed by atoms with Gasteiger partial charge in [-0.2, -0.15) is 0 Å². The number of hydrogen-bond donors (Lipinski definition) is 0. The molecule has 0 saturated heterocycles. The molecular formula is C47H38B2. The lowest BCUT2D eigenvalue weighted by molar-refractivity contribution is 0.660. The highest BCUT2D eigenvalue weighted by Gasteiger charge is 2.36. The minimum absolute atomic E-state index is 0.103. The standard InChI is InChI=1S/C47H38B2/c1-47(2)45-33-36(24-23-35-25-28-41(29-26-35)48(37-15-7-3-8-16-37)38-17-9-4-10-18-38)27-31-43(45)44-32-30-42(34-46(44)47)49(39-19-11-5-12-20-39)40-21-13-6-14-22-40/h3-34H,1-2H3/b24-23+. The van der Waals surface area contributed by atoms with Crippen molar-refractivity contribution in [1.82, 2.24) is 0 Å². The minimum atomic E-state index is -0.103. The fourth-order valence-electron chi connectivity index (χ4n) is 7.78. The van der Waals surface area contributed by atoms with Gasteiger partial charge in [0.1, 0.15) is 0 Å². The lowest BCUT2D eigenvalue weighted by Crippen LogP contribution is -2.52. The Labute approximate surface area is 292 Å². The molecule has 0 unspecified atom stereocenters. The predicted octanol–water partition coefficient (Wildman–Crippen LogP) is 7.20. The van der Waals surface area contributed by atoms with Gasteiger partial charge in [-0.05, 0) is 33.4 Å². The zero-order chi connectivity index (χ0) is 33.2. The quantitative estimate of drug-likeness (QED) is 0.124. The van der Waals surface area contributed by atoms with Gasteiger partial charge in [-0.3, -0.25) is 0 Å². The molecule has 0 saturated carbocycles. The molecule has 0 bridgehead atoms. The highest BCUT2D eigenvalue weighted by atomic mass is 14.4. The van der Waals surface area contributed by atoms with Gasteiger partial charge in [-0.25, -0.2) is 0 Å². The van der Waals surface area contributed by atoms with Crippen LogP contribution in [-0.4, -0.2) is 13.4 Å². The Morgan fingerprint density at radius 2 is 0.694 bits per heavy atom. The van der Waals surface area contributed by atoms with E-state index in [2.05, 4.69) is 208 Å². The third-order valence-electron chi connectivity index (χ3n) is 10.3. The topological polar surface area (TPSA) is 0 Å². The smallest absolute Gasteiger partial charge is 0.0687 e. The number of fused-ring (bicyclic) bond motifs is 3. The average Bonchev–Trinajstić information content (AvgIpc) is 3.38. The average molecular weight is 624 g/mol. The van der Waals surface area contributed by atoms with Crippen molar-refractivity contribution in [2.24, 2.45) is 0 Å². The molecule has 1 aliphatic rings. The van der Waals surface area contributed by atoms with E-state index >= 15 is 0 Å². The maximum Gasteiger partial charge on any atom is 0.241 e. The van der Waals surface area contributed by atoms with Gasteiger partial charge in [0, 0.05) is 5.41 Å². The Morgan fingerprint density at radius 3 is 1.18 bits per heavy atom. The van der Waals surface area contributed by atoms with Crippen LogP contribution >= 0.6 is 0 Å². The molecule has 0 fully saturated rings. The summed E-state index contributed by atoms with van der Waals surface area (Å²) in [5.41, 5.74) is 15.7. The molecule has 0 atom stereocenters. The molecular weight excluding hydrogens is 586 g/mol. The van der Waals surface area contributed by atoms with Crippen molar-refractivity contribution < 1.29 is 0 Å². The largest absolute Gasteiger partial charge is 0.241 e. The molecule has 2 heteroatoms. The summed E-state index contributed by atoms with van der Waals surface area (Å²) in [6, 6.07) is 66.6. The highest BCUT2D eigenvalue weighted by molar-refractivity contribution is 6.96. The Hall–Kier alpha value is -5.59. The molecule has 0 radical (unpaired) electrons. The van der Waals surface area contributed by atoms with Crippen molar-refractivity contribution in [2.75, 3.05) is 0 Å². The van der Waals surface area contributed by atoms with E-state index in [9.17, 15) is 0 Å². The molecule has 7 aromatic carbocycles. The Morgan fingerprint density at radius 1 is 0.347 bits per heavy atom. The summed E-state index contributed by atoms with van der Waals surface area (Å²) in [6.45, 7) is 5.15. The summed E-state index contributed by atoms with van der Waals surface area (Å²) < 4.78 is 0. The Balaban J connectivity index is 1.07. The monoisotopic (exact) mass is 624 g/mol. The zero-order valence-corrected chi connectivity index (χ0v) is 28.1. The minimum Gasteiger partial charge on any atom is -0.0687 e. The maximum atomic E-state index is 2.47. The van der Waals surface area contributed by atoms with E-state index in [1.807, 2.05) is 0 Å². The van der Waals surface area contributed by atoms with E-state index in [0.717, 1.165) is 0 Å². The molecule has 1 aliphatic carbocycles. The van der Waals surface area contributed by atoms with Crippen LogP contribution in [0.1, 0.15) is 36.1 Å². The first kappa shape index (κ1) is 30.7. The van der Waals surface area contributed by atoms with Crippen LogP contribution in [-0.2, 0) is 5.41 Å². The highest BCUT2D eigenvalue weighted by Crippen LogP contribution is 2.48. The second-order valence-corrected chi connectivity index (χ2v) is 13.7. The molecule has 0 amide bonds. The number of rotatable bonds is 8. The van der Waals surface area contributed by atoms with Crippen LogP contribution in [0.15, 0.2) is 182 Å². The van der Waals surface area contributed by atoms with Crippen LogP contribution < -0.4 is 32.8 Å². The molecule has 232 valence electrons. The van der Waals surface area contributed by atoms with Gasteiger partial charge in [-0.1, -0.05) is 241 Å². The fourth-order valence-corrected chi connectivity index (χ4v) is 7.78. The van der Waals surface area contributed by atoms with Crippen LogP contribution in [0.25, 0.3) is 23.3 Å². The number of benzene rings is 7. The Kier molecular flexibility index (Phi) is 8.24. The zero-order valence-electron chi connectivity index (χ0n) is 28.1. The molecule has 0 aromatic heterocycles. The molecule has 49 heavy (non-hydrogen) atoms. The van der Waals surface area contributed by atoms with E-state index in [0.29, 0.717) is 0 Å². The van der Waals surface area contributed by atoms with Crippen LogP contribution in [0.5, 0.6) is 0 Å². The normalized spacial score (nSPS) is 12.8. The van der Waals surface area contributed by atoms with Crippen LogP contribution in [0, 0.1) is 0 Å². The molecule has 8 rings (SSSR count). The van der Waals surface area contributed by atoms with Crippen molar-refractivity contribution in [3.05, 3.63) is 204 Å². The van der Waals surface area contributed by atoms with Crippen LogP contribution in [0.2, 0.25) is 0 Å². The van der Waals surface area contributed by atoms with Crippen molar-refractivity contribution in [3.8, 4) is 11.1 Å². The van der Waals surface area contributed by atoms with E-state index in [-0.39, 0.29) is 18.8 Å². The van der Waals surface area contributed by atoms with Gasteiger partial charge in [0.15, 0.2) is 0 Å². The fraction of sp³-hybridized carbons (Fsp3) is 0.0638. The molecule has 0 nitrogen and oxygen atoms in total. The van der Waals surface area contributed by atoms with E-state index in [4.69, 9.17) is 0 Å². The third-order valence-corrected chi connectivity index (χ3v) is 10.3. The summed E-state index contributed by atoms with van der Waals surface area (Å²) >= 11 is 0. The summed E-state index contributed by atoms with van der Waals surface area (Å²) in [6.07, 6.45) is 4.50. The summed E-state index contributed by atoms with van der Waals surface area (Å²) in [4.78, 5) is 0. The van der Waals surface area contributed by atoms with Crippen molar-refractivity contribution in [1.29, 1.82) is 0 Å². The Bertz CT molecular complexity index is 2140. The van der Waals surface area contributed by atoms with Crippen molar-refractivity contribution >= 4 is 58.4 Å². The van der Waals surface area contributed by atoms with Crippen molar-refractivity contribution in [2.45, 2.75) is 19.3 Å². The molecule has 0 aliphatic heterocycles. The predicted molar refractivity (Wildman–Crippen MR) is 214 cm³/mol. The summed E-state index contributed by atoms with van der Waals surface area (Å²) in [5, 5.41) is 0. The third kappa shape index (κ3) is 6.00.